The lowest BCUT2D eigenvalue weighted by Crippen LogP contribution is -2.16. The van der Waals surface area contributed by atoms with E-state index in [0.717, 1.165) is 87.2 Å². The van der Waals surface area contributed by atoms with Gasteiger partial charge in [0.05, 0.1) is 124 Å². The first-order valence-electron chi connectivity index (χ1n) is 26.9. The lowest BCUT2D eigenvalue weighted by molar-refractivity contribution is 0.415. The Bertz CT molecular complexity index is 4640. The molecular formula is C69H51N7O8. The number of rotatable bonds is 13. The van der Waals surface area contributed by atoms with Gasteiger partial charge >= 0.3 is 0 Å². The maximum absolute atomic E-state index is 13.0. The van der Waals surface area contributed by atoms with Gasteiger partial charge in [-0.2, -0.15) is 10.5 Å². The minimum atomic E-state index is 0.221. The quantitative estimate of drug-likeness (QED) is 0.108. The number of ether oxygens (including phenoxy) is 8. The van der Waals surface area contributed by atoms with Crippen molar-refractivity contribution in [1.29, 1.82) is 10.5 Å². The third kappa shape index (κ3) is 7.45. The van der Waals surface area contributed by atoms with E-state index in [9.17, 15) is 10.5 Å². The number of nitrogens with zero attached hydrogens (tertiary/aromatic N) is 7. The summed E-state index contributed by atoms with van der Waals surface area (Å²) in [4.78, 5) is 4.88. The van der Waals surface area contributed by atoms with Gasteiger partial charge in [0.1, 0.15) is 69.4 Å². The molecule has 0 bridgehead atoms. The molecule has 0 spiro atoms. The highest BCUT2D eigenvalue weighted by Gasteiger charge is 2.36. The van der Waals surface area contributed by atoms with E-state index in [-0.39, 0.29) is 5.69 Å². The summed E-state index contributed by atoms with van der Waals surface area (Å²) < 4.78 is 56.6. The van der Waals surface area contributed by atoms with Crippen molar-refractivity contribution in [1.82, 2.24) is 23.3 Å². The van der Waals surface area contributed by atoms with Crippen LogP contribution in [0.4, 0.5) is 0 Å². The average Bonchev–Trinajstić information content (AvgIpc) is 1.85. The van der Waals surface area contributed by atoms with Crippen molar-refractivity contribution in [3.63, 3.8) is 0 Å². The molecule has 0 saturated carbocycles. The van der Waals surface area contributed by atoms with E-state index in [1.165, 1.54) is 0 Å². The van der Waals surface area contributed by atoms with Gasteiger partial charge in [-0.1, -0.05) is 0 Å². The first-order chi connectivity index (χ1) is 41.2. The number of pyridine rings is 1. The Kier molecular flexibility index (Phi) is 12.0. The monoisotopic (exact) mass is 1110 g/mol. The second-order valence-electron chi connectivity index (χ2n) is 20.2. The van der Waals surface area contributed by atoms with Crippen molar-refractivity contribution in [3.05, 3.63) is 175 Å². The zero-order chi connectivity index (χ0) is 57.7. The molecule has 14 rings (SSSR count). The zero-order valence-electron chi connectivity index (χ0n) is 47.0. The van der Waals surface area contributed by atoms with Gasteiger partial charge in [-0.3, -0.25) is 0 Å². The highest BCUT2D eigenvalue weighted by Crippen LogP contribution is 2.53. The Morgan fingerprint density at radius 1 is 0.298 bits per heavy atom. The van der Waals surface area contributed by atoms with E-state index in [1.54, 1.807) is 69.1 Å². The molecule has 0 fully saturated rings. The Balaban J connectivity index is 1.36. The lowest BCUT2D eigenvalue weighted by Gasteiger charge is -2.29. The minimum absolute atomic E-state index is 0.221. The molecule has 14 aromatic rings. The molecule has 0 amide bonds. The Morgan fingerprint density at radius 3 is 0.726 bits per heavy atom. The summed E-state index contributed by atoms with van der Waals surface area (Å²) in [5.41, 5.74) is 10.4. The molecule has 9 aromatic carbocycles. The van der Waals surface area contributed by atoms with Crippen molar-refractivity contribution in [2.75, 3.05) is 56.9 Å². The summed E-state index contributed by atoms with van der Waals surface area (Å²) in [6, 6.07) is 57.0. The van der Waals surface area contributed by atoms with E-state index in [0.29, 0.717) is 85.4 Å². The second kappa shape index (κ2) is 19.8. The van der Waals surface area contributed by atoms with Crippen molar-refractivity contribution >= 4 is 87.2 Å². The van der Waals surface area contributed by atoms with E-state index in [2.05, 4.69) is 54.7 Å². The van der Waals surface area contributed by atoms with E-state index >= 15 is 0 Å². The van der Waals surface area contributed by atoms with Crippen LogP contribution in [0.1, 0.15) is 11.3 Å². The Labute approximate surface area is 480 Å². The number of hydrogen-bond donors (Lipinski definition) is 0. The third-order valence-electron chi connectivity index (χ3n) is 16.3. The van der Waals surface area contributed by atoms with Crippen molar-refractivity contribution < 1.29 is 37.9 Å². The van der Waals surface area contributed by atoms with Gasteiger partial charge in [0.15, 0.2) is 0 Å². The largest absolute Gasteiger partial charge is 0.497 e. The molecule has 5 heterocycles. The van der Waals surface area contributed by atoms with Crippen molar-refractivity contribution in [3.8, 4) is 92.0 Å². The SMILES string of the molecule is COc1ccc2c(c1)c1cc(OC)ccc1n2-c1c(C#N)c(-n2c3ccc(OC)cc3c3cc(OC)ccc32)c(-n2c3ccc(OC)cc3c3cc(OC)ccc32)c(-c2ccc(C#N)nc2)c1-n1c2ccc(OC)cc2c2cc(OC)ccc21. The number of benzene rings is 9. The Morgan fingerprint density at radius 2 is 0.536 bits per heavy atom. The normalized spacial score (nSPS) is 11.5. The molecule has 15 nitrogen and oxygen atoms in total. The molecule has 0 N–H and O–H groups in total. The molecule has 15 heteroatoms. The summed E-state index contributed by atoms with van der Waals surface area (Å²) >= 11 is 0. The highest BCUT2D eigenvalue weighted by molar-refractivity contribution is 6.18. The van der Waals surface area contributed by atoms with Gasteiger partial charge in [-0.05, 0) is 158 Å². The maximum Gasteiger partial charge on any atom is 0.140 e. The molecule has 0 atom stereocenters. The van der Waals surface area contributed by atoms with Crippen LogP contribution in [-0.4, -0.2) is 80.1 Å². The van der Waals surface area contributed by atoms with Gasteiger partial charge in [0.25, 0.3) is 0 Å². The summed E-state index contributed by atoms with van der Waals surface area (Å²) in [7, 11) is 13.2. The molecule has 0 aliphatic rings. The van der Waals surface area contributed by atoms with Gasteiger partial charge in [-0.25, -0.2) is 4.98 Å². The number of hydrogen-bond acceptors (Lipinski definition) is 11. The van der Waals surface area contributed by atoms with Gasteiger partial charge in [0.2, 0.25) is 0 Å². The van der Waals surface area contributed by atoms with Crippen LogP contribution < -0.4 is 37.9 Å². The topological polar surface area (TPSA) is 154 Å². The molecule has 0 saturated heterocycles. The van der Waals surface area contributed by atoms with Crippen LogP contribution in [0.3, 0.4) is 0 Å². The fourth-order valence-corrected chi connectivity index (χ4v) is 12.5. The molecule has 0 unspecified atom stereocenters. The number of fused-ring (bicyclic) bond motifs is 12. The van der Waals surface area contributed by atoms with Crippen LogP contribution in [0.15, 0.2) is 164 Å². The fourth-order valence-electron chi connectivity index (χ4n) is 12.5. The third-order valence-corrected chi connectivity index (χ3v) is 16.3. The summed E-state index contributed by atoms with van der Waals surface area (Å²) in [5, 5.41) is 30.3. The standard InChI is InChI=1S/C69H51N7O8/c1-77-40-11-19-57-48(27-40)49-28-41(78-2)12-20-58(49)73(57)66-56(36-71)67(74-59-21-13-42(79-3)29-50(59)51-30-43(80-4)14-22-60(51)74)69(76-63-25-17-46(83-7)33-54(63)55-34-47(84-8)18-26-64(55)76)65(38-9-10-39(35-70)72-37-38)68(66)75-61-23-15-44(81-5)31-52(61)53-32-45(82-6)16-24-62(53)75/h9-34,37H,1-8H3. The van der Waals surface area contributed by atoms with E-state index in [4.69, 9.17) is 42.9 Å². The van der Waals surface area contributed by atoms with Gasteiger partial charge in [-0.15, -0.1) is 0 Å². The second-order valence-corrected chi connectivity index (χ2v) is 20.2. The van der Waals surface area contributed by atoms with Crippen molar-refractivity contribution in [2.24, 2.45) is 0 Å². The predicted octanol–water partition coefficient (Wildman–Crippen LogP) is 14.9. The first-order valence-corrected chi connectivity index (χ1v) is 26.9. The minimum Gasteiger partial charge on any atom is -0.497 e. The van der Waals surface area contributed by atoms with E-state index < -0.39 is 0 Å². The van der Waals surface area contributed by atoms with Crippen LogP contribution in [0.5, 0.6) is 46.0 Å². The first kappa shape index (κ1) is 50.9. The number of nitriles is 2. The molecule has 0 aliphatic carbocycles. The summed E-state index contributed by atoms with van der Waals surface area (Å²) in [5.74, 6) is 5.18. The molecule has 410 valence electrons. The van der Waals surface area contributed by atoms with Crippen LogP contribution in [0.2, 0.25) is 0 Å². The zero-order valence-corrected chi connectivity index (χ0v) is 47.0. The number of aromatic nitrogens is 5. The Hall–Kier alpha value is -11.3. The molecule has 84 heavy (non-hydrogen) atoms. The van der Waals surface area contributed by atoms with E-state index in [1.807, 2.05) is 127 Å². The molecule has 5 aromatic heterocycles. The molecular weight excluding hydrogens is 1050 g/mol. The predicted molar refractivity (Wildman–Crippen MR) is 329 cm³/mol. The van der Waals surface area contributed by atoms with Crippen LogP contribution in [-0.2, 0) is 0 Å². The van der Waals surface area contributed by atoms with Crippen LogP contribution in [0.25, 0.3) is 121 Å². The van der Waals surface area contributed by atoms with Gasteiger partial charge < -0.3 is 56.2 Å². The summed E-state index contributed by atoms with van der Waals surface area (Å²) in [6.07, 6.45) is 1.75. The fraction of sp³-hybridized carbons (Fsp3) is 0.116. The lowest BCUT2D eigenvalue weighted by atomic mass is 9.94. The van der Waals surface area contributed by atoms with Crippen LogP contribution >= 0.6 is 0 Å². The highest BCUT2D eigenvalue weighted by atomic mass is 16.5. The molecule has 0 radical (unpaired) electrons. The maximum atomic E-state index is 13.0. The summed E-state index contributed by atoms with van der Waals surface area (Å²) in [6.45, 7) is 0. The number of methoxy groups -OCH3 is 8. The van der Waals surface area contributed by atoms with Crippen molar-refractivity contribution in [2.45, 2.75) is 0 Å². The average molecular weight is 1110 g/mol. The van der Waals surface area contributed by atoms with Crippen LogP contribution in [0, 0.1) is 22.7 Å². The molecule has 0 aliphatic heterocycles. The smallest absolute Gasteiger partial charge is 0.140 e. The van der Waals surface area contributed by atoms with Gasteiger partial charge in [0, 0.05) is 60.4 Å².